The van der Waals surface area contributed by atoms with E-state index in [2.05, 4.69) is 38.3 Å². The first-order chi connectivity index (χ1) is 19.1. The summed E-state index contributed by atoms with van der Waals surface area (Å²) in [5.74, 6) is 2.05. The highest BCUT2D eigenvalue weighted by atomic mass is 35.5. The standard InChI is InChI=1S/C31H35ClN4O3/c32-26-6-4-5-25(19-26)31(36-17-14-33-30(36)37)13-18-38-22-28(31)24-11-15-35(16-12-24)21-23-9-10-29(34-20-23)39-27-7-2-1-3-8-27/h1-10,19-20,24,28H,11-18,21-22H2,(H,33,37). The van der Waals surface area contributed by atoms with Gasteiger partial charge in [0, 0.05) is 49.4 Å². The summed E-state index contributed by atoms with van der Waals surface area (Å²) in [6, 6.07) is 21.9. The second-order valence-corrected chi connectivity index (χ2v) is 11.2. The van der Waals surface area contributed by atoms with Gasteiger partial charge < -0.3 is 19.7 Å². The fraction of sp³-hybridized carbons (Fsp3) is 0.419. The molecule has 2 amide bonds. The highest BCUT2D eigenvalue weighted by molar-refractivity contribution is 6.30. The molecule has 8 heteroatoms. The summed E-state index contributed by atoms with van der Waals surface area (Å²) in [5.41, 5.74) is 1.90. The molecule has 4 heterocycles. The SMILES string of the molecule is O=C1NCCN1C1(c2cccc(Cl)c2)CCOCC1C1CCN(Cc2ccc(Oc3ccccc3)nc2)CC1. The molecule has 0 bridgehead atoms. The Labute approximate surface area is 235 Å². The number of carbonyl (C=O) groups excluding carboxylic acids is 1. The number of ether oxygens (including phenoxy) is 2. The summed E-state index contributed by atoms with van der Waals surface area (Å²) in [5, 5.41) is 3.75. The molecule has 3 fully saturated rings. The van der Waals surface area contributed by atoms with E-state index in [1.165, 1.54) is 5.56 Å². The molecule has 6 rings (SSSR count). The monoisotopic (exact) mass is 546 g/mol. The number of piperidine rings is 1. The van der Waals surface area contributed by atoms with Crippen LogP contribution in [0.1, 0.15) is 30.4 Å². The molecule has 2 unspecified atom stereocenters. The third kappa shape index (κ3) is 5.49. The lowest BCUT2D eigenvalue weighted by Crippen LogP contribution is -2.59. The van der Waals surface area contributed by atoms with Crippen LogP contribution in [0.5, 0.6) is 11.6 Å². The van der Waals surface area contributed by atoms with Crippen molar-refractivity contribution < 1.29 is 14.3 Å². The summed E-state index contributed by atoms with van der Waals surface area (Å²) >= 11 is 6.48. The molecule has 2 aromatic carbocycles. The molecular formula is C31H35ClN4O3. The van der Waals surface area contributed by atoms with Crippen LogP contribution in [0.4, 0.5) is 4.79 Å². The fourth-order valence-electron chi connectivity index (χ4n) is 6.69. The quantitative estimate of drug-likeness (QED) is 0.412. The van der Waals surface area contributed by atoms with Gasteiger partial charge in [-0.1, -0.05) is 48.0 Å². The van der Waals surface area contributed by atoms with Gasteiger partial charge in [-0.15, -0.1) is 0 Å². The number of aromatic nitrogens is 1. The zero-order valence-corrected chi connectivity index (χ0v) is 22.9. The van der Waals surface area contributed by atoms with Crippen LogP contribution in [0.2, 0.25) is 5.02 Å². The number of pyridine rings is 1. The zero-order valence-electron chi connectivity index (χ0n) is 22.1. The van der Waals surface area contributed by atoms with Crippen LogP contribution in [0.15, 0.2) is 72.9 Å². The number of para-hydroxylation sites is 1. The maximum atomic E-state index is 13.1. The number of rotatable bonds is 7. The van der Waals surface area contributed by atoms with Crippen LogP contribution in [0.25, 0.3) is 0 Å². The van der Waals surface area contributed by atoms with Crippen LogP contribution >= 0.6 is 11.6 Å². The van der Waals surface area contributed by atoms with Gasteiger partial charge in [-0.3, -0.25) is 4.90 Å². The van der Waals surface area contributed by atoms with Crippen molar-refractivity contribution in [1.82, 2.24) is 20.1 Å². The number of urea groups is 1. The van der Waals surface area contributed by atoms with Crippen LogP contribution < -0.4 is 10.1 Å². The lowest BCUT2D eigenvalue weighted by molar-refractivity contribution is -0.0896. The van der Waals surface area contributed by atoms with Crippen molar-refractivity contribution in [2.45, 2.75) is 31.3 Å². The smallest absolute Gasteiger partial charge is 0.318 e. The molecule has 1 aromatic heterocycles. The van der Waals surface area contributed by atoms with Crippen molar-refractivity contribution in [2.75, 3.05) is 39.4 Å². The van der Waals surface area contributed by atoms with E-state index in [0.29, 0.717) is 43.1 Å². The molecule has 0 spiro atoms. The van der Waals surface area contributed by atoms with Gasteiger partial charge in [-0.25, -0.2) is 9.78 Å². The van der Waals surface area contributed by atoms with Crippen LogP contribution in [0, 0.1) is 11.8 Å². The molecule has 39 heavy (non-hydrogen) atoms. The molecule has 3 aromatic rings. The van der Waals surface area contributed by atoms with Crippen molar-refractivity contribution >= 4 is 17.6 Å². The lowest BCUT2D eigenvalue weighted by Gasteiger charge is -2.53. The molecule has 1 N–H and O–H groups in total. The van der Waals surface area contributed by atoms with E-state index < -0.39 is 5.54 Å². The van der Waals surface area contributed by atoms with Crippen molar-refractivity contribution in [2.24, 2.45) is 11.8 Å². The molecule has 204 valence electrons. The molecule has 3 aliphatic heterocycles. The minimum atomic E-state index is -0.408. The molecular weight excluding hydrogens is 512 g/mol. The molecule has 0 saturated carbocycles. The maximum absolute atomic E-state index is 13.1. The van der Waals surface area contributed by atoms with Crippen LogP contribution in [-0.2, 0) is 16.8 Å². The van der Waals surface area contributed by atoms with Crippen molar-refractivity contribution in [3.05, 3.63) is 89.1 Å². The predicted octanol–water partition coefficient (Wildman–Crippen LogP) is 5.70. The Morgan fingerprint density at radius 1 is 1.05 bits per heavy atom. The molecule has 7 nitrogen and oxygen atoms in total. The normalized spacial score (nSPS) is 24.5. The molecule has 0 aliphatic carbocycles. The first-order valence-corrected chi connectivity index (χ1v) is 14.3. The van der Waals surface area contributed by atoms with Crippen molar-refractivity contribution in [1.29, 1.82) is 0 Å². The summed E-state index contributed by atoms with van der Waals surface area (Å²) in [7, 11) is 0. The second kappa shape index (κ2) is 11.5. The zero-order chi connectivity index (χ0) is 26.7. The Balaban J connectivity index is 1.14. The molecule has 3 saturated heterocycles. The van der Waals surface area contributed by atoms with E-state index in [4.69, 9.17) is 21.1 Å². The minimum Gasteiger partial charge on any atom is -0.439 e. The highest BCUT2D eigenvalue weighted by Gasteiger charge is 2.53. The Morgan fingerprint density at radius 2 is 1.90 bits per heavy atom. The highest BCUT2D eigenvalue weighted by Crippen LogP contribution is 2.49. The Bertz CT molecular complexity index is 1270. The van der Waals surface area contributed by atoms with E-state index in [1.807, 2.05) is 54.7 Å². The topological polar surface area (TPSA) is 66.9 Å². The van der Waals surface area contributed by atoms with Gasteiger partial charge in [0.2, 0.25) is 5.88 Å². The summed E-state index contributed by atoms with van der Waals surface area (Å²) in [4.78, 5) is 22.2. The van der Waals surface area contributed by atoms with Gasteiger partial charge >= 0.3 is 6.03 Å². The number of nitrogens with one attached hydrogen (secondary N) is 1. The van der Waals surface area contributed by atoms with Gasteiger partial charge in [0.15, 0.2) is 0 Å². The van der Waals surface area contributed by atoms with Gasteiger partial charge in [-0.2, -0.15) is 0 Å². The Kier molecular flexibility index (Phi) is 7.73. The van der Waals surface area contributed by atoms with Crippen molar-refractivity contribution in [3.63, 3.8) is 0 Å². The van der Waals surface area contributed by atoms with E-state index in [9.17, 15) is 4.79 Å². The van der Waals surface area contributed by atoms with E-state index in [0.717, 1.165) is 50.2 Å². The van der Waals surface area contributed by atoms with E-state index in [-0.39, 0.29) is 11.9 Å². The summed E-state index contributed by atoms with van der Waals surface area (Å²) in [6.45, 7) is 5.55. The van der Waals surface area contributed by atoms with E-state index in [1.54, 1.807) is 0 Å². The fourth-order valence-corrected chi connectivity index (χ4v) is 6.88. The number of nitrogens with zero attached hydrogens (tertiary/aromatic N) is 3. The van der Waals surface area contributed by atoms with Gasteiger partial charge in [-0.05, 0) is 73.7 Å². The summed E-state index contributed by atoms with van der Waals surface area (Å²) < 4.78 is 11.9. The number of benzene rings is 2. The average molecular weight is 547 g/mol. The number of amides is 2. The van der Waals surface area contributed by atoms with Crippen molar-refractivity contribution in [3.8, 4) is 11.6 Å². The van der Waals surface area contributed by atoms with Crippen LogP contribution in [-0.4, -0.2) is 60.2 Å². The van der Waals surface area contributed by atoms with Gasteiger partial charge in [0.25, 0.3) is 0 Å². The Morgan fingerprint density at radius 3 is 2.62 bits per heavy atom. The number of hydrogen-bond acceptors (Lipinski definition) is 5. The number of halogens is 1. The third-order valence-electron chi connectivity index (χ3n) is 8.57. The Hall–Kier alpha value is -3.13. The second-order valence-electron chi connectivity index (χ2n) is 10.8. The number of likely N-dealkylation sites (tertiary alicyclic amines) is 1. The lowest BCUT2D eigenvalue weighted by atomic mass is 9.66. The largest absolute Gasteiger partial charge is 0.439 e. The number of hydrogen-bond donors (Lipinski definition) is 1. The predicted molar refractivity (Wildman–Crippen MR) is 151 cm³/mol. The average Bonchev–Trinajstić information content (AvgIpc) is 3.41. The maximum Gasteiger partial charge on any atom is 0.318 e. The molecule has 0 radical (unpaired) electrons. The molecule has 3 aliphatic rings. The molecule has 2 atom stereocenters. The van der Waals surface area contributed by atoms with Crippen LogP contribution in [0.3, 0.4) is 0 Å². The first kappa shape index (κ1) is 26.1. The number of carbonyl (C=O) groups is 1. The van der Waals surface area contributed by atoms with E-state index >= 15 is 0 Å². The first-order valence-electron chi connectivity index (χ1n) is 13.9. The van der Waals surface area contributed by atoms with Gasteiger partial charge in [0.05, 0.1) is 12.1 Å². The summed E-state index contributed by atoms with van der Waals surface area (Å²) in [6.07, 6.45) is 4.83. The third-order valence-corrected chi connectivity index (χ3v) is 8.81. The minimum absolute atomic E-state index is 0.0199. The van der Waals surface area contributed by atoms with Gasteiger partial charge in [0.1, 0.15) is 5.75 Å².